The predicted octanol–water partition coefficient (Wildman–Crippen LogP) is 1.96. The van der Waals surface area contributed by atoms with Crippen molar-refractivity contribution >= 4 is 23.5 Å². The molecule has 0 heterocycles. The van der Waals surface area contributed by atoms with Crippen LogP contribution in [0.1, 0.15) is 18.9 Å². The summed E-state index contributed by atoms with van der Waals surface area (Å²) in [4.78, 5) is 24.7. The van der Waals surface area contributed by atoms with Gasteiger partial charge in [0.2, 0.25) is 5.91 Å². The molecule has 0 bridgehead atoms. The second-order valence-corrected chi connectivity index (χ2v) is 5.59. The van der Waals surface area contributed by atoms with Gasteiger partial charge in [-0.25, -0.2) is 4.79 Å². The average Bonchev–Trinajstić information content (AvgIpc) is 2.44. The summed E-state index contributed by atoms with van der Waals surface area (Å²) >= 11 is 5.55. The van der Waals surface area contributed by atoms with Crippen LogP contribution < -0.4 is 10.6 Å². The van der Waals surface area contributed by atoms with Crippen molar-refractivity contribution in [3.05, 3.63) is 35.9 Å². The lowest BCUT2D eigenvalue weighted by atomic mass is 10.2. The van der Waals surface area contributed by atoms with Gasteiger partial charge in [0.15, 0.2) is 0 Å². The van der Waals surface area contributed by atoms with E-state index >= 15 is 0 Å². The van der Waals surface area contributed by atoms with Gasteiger partial charge in [0, 0.05) is 13.1 Å². The molecular weight excluding hydrogens is 290 g/mol. The van der Waals surface area contributed by atoms with Crippen LogP contribution in [-0.2, 0) is 11.3 Å². The van der Waals surface area contributed by atoms with Gasteiger partial charge in [-0.2, -0.15) is 0 Å². The van der Waals surface area contributed by atoms with Crippen LogP contribution in [0.2, 0.25) is 0 Å². The van der Waals surface area contributed by atoms with Crippen molar-refractivity contribution in [2.24, 2.45) is 0 Å². The lowest BCUT2D eigenvalue weighted by Gasteiger charge is -2.16. The second-order valence-electron chi connectivity index (χ2n) is 4.94. The number of hydrogen-bond acceptors (Lipinski definition) is 3. The number of carbonyl (C=O) groups excluding carboxylic acids is 2. The minimum Gasteiger partial charge on any atom is -0.338 e. The van der Waals surface area contributed by atoms with Crippen molar-refractivity contribution in [3.63, 3.8) is 0 Å². The van der Waals surface area contributed by atoms with Crippen LogP contribution in [0.25, 0.3) is 0 Å². The van der Waals surface area contributed by atoms with Gasteiger partial charge >= 0.3 is 6.03 Å². The van der Waals surface area contributed by atoms with Crippen molar-refractivity contribution in [1.82, 2.24) is 15.5 Å². The Morgan fingerprint density at radius 1 is 1.29 bits per heavy atom. The zero-order valence-corrected chi connectivity index (χ0v) is 13.2. The van der Waals surface area contributed by atoms with E-state index < -0.39 is 17.3 Å². The van der Waals surface area contributed by atoms with Crippen LogP contribution in [0, 0.1) is 0 Å². The first-order chi connectivity index (χ1) is 9.99. The van der Waals surface area contributed by atoms with Gasteiger partial charge in [-0.05, 0) is 32.5 Å². The van der Waals surface area contributed by atoms with Crippen molar-refractivity contribution < 1.29 is 9.59 Å². The van der Waals surface area contributed by atoms with Crippen molar-refractivity contribution in [1.29, 1.82) is 0 Å². The quantitative estimate of drug-likeness (QED) is 0.598. The molecule has 6 heteroatoms. The molecule has 0 saturated carbocycles. The van der Waals surface area contributed by atoms with Crippen LogP contribution >= 0.6 is 11.6 Å². The highest BCUT2D eigenvalue weighted by Crippen LogP contribution is 2.02. The molecule has 0 saturated heterocycles. The number of amides is 3. The maximum atomic E-state index is 11.4. The molecular formula is C15H22ClN3O2. The zero-order chi connectivity index (χ0) is 15.7. The third kappa shape index (κ3) is 7.68. The van der Waals surface area contributed by atoms with E-state index in [0.29, 0.717) is 6.54 Å². The molecule has 2 N–H and O–H groups in total. The van der Waals surface area contributed by atoms with E-state index in [-0.39, 0.29) is 0 Å². The number of nitrogens with zero attached hydrogens (tertiary/aromatic N) is 1. The molecule has 1 atom stereocenters. The topological polar surface area (TPSA) is 61.4 Å². The molecule has 1 rings (SSSR count). The Morgan fingerprint density at radius 3 is 2.57 bits per heavy atom. The molecule has 0 radical (unpaired) electrons. The van der Waals surface area contributed by atoms with Gasteiger partial charge in [-0.1, -0.05) is 30.3 Å². The standard InChI is InChI=1S/C15H22ClN3O2/c1-12(16)14(20)18-15(21)17-9-6-10-19(2)11-13-7-4-3-5-8-13/h3-5,7-8,12H,6,9-11H2,1-2H3,(H2,17,18,20,21). The van der Waals surface area contributed by atoms with Crippen LogP contribution in [0.5, 0.6) is 0 Å². The Balaban J connectivity index is 2.13. The predicted molar refractivity (Wildman–Crippen MR) is 84.2 cm³/mol. The lowest BCUT2D eigenvalue weighted by molar-refractivity contribution is -0.119. The summed E-state index contributed by atoms with van der Waals surface area (Å²) < 4.78 is 0. The maximum Gasteiger partial charge on any atom is 0.321 e. The highest BCUT2D eigenvalue weighted by Gasteiger charge is 2.12. The third-order valence-electron chi connectivity index (χ3n) is 2.90. The minimum absolute atomic E-state index is 0.490. The number of nitrogens with one attached hydrogen (secondary N) is 2. The Labute approximate surface area is 130 Å². The molecule has 1 aromatic carbocycles. The molecule has 0 aliphatic carbocycles. The van der Waals surface area contributed by atoms with Gasteiger partial charge in [0.1, 0.15) is 5.38 Å². The summed E-state index contributed by atoms with van der Waals surface area (Å²) in [7, 11) is 2.03. The number of alkyl halides is 1. The summed E-state index contributed by atoms with van der Waals surface area (Å²) in [6.45, 7) is 3.75. The molecule has 0 aliphatic rings. The van der Waals surface area contributed by atoms with Crippen molar-refractivity contribution in [2.75, 3.05) is 20.1 Å². The fourth-order valence-electron chi connectivity index (χ4n) is 1.78. The summed E-state index contributed by atoms with van der Waals surface area (Å²) in [6.07, 6.45) is 0.807. The lowest BCUT2D eigenvalue weighted by Crippen LogP contribution is -2.42. The van der Waals surface area contributed by atoms with E-state index in [1.54, 1.807) is 0 Å². The second kappa shape index (κ2) is 9.37. The SMILES string of the molecule is CC(Cl)C(=O)NC(=O)NCCCN(C)Cc1ccccc1. The Hall–Kier alpha value is -1.59. The largest absolute Gasteiger partial charge is 0.338 e. The van der Waals surface area contributed by atoms with Gasteiger partial charge < -0.3 is 10.2 Å². The van der Waals surface area contributed by atoms with Crippen LogP contribution in [0.4, 0.5) is 4.79 Å². The van der Waals surface area contributed by atoms with Crippen molar-refractivity contribution in [3.8, 4) is 0 Å². The number of halogens is 1. The third-order valence-corrected chi connectivity index (χ3v) is 3.09. The molecule has 3 amide bonds. The van der Waals surface area contributed by atoms with E-state index in [1.165, 1.54) is 12.5 Å². The highest BCUT2D eigenvalue weighted by molar-refractivity contribution is 6.31. The summed E-state index contributed by atoms with van der Waals surface area (Å²) in [5.41, 5.74) is 1.26. The van der Waals surface area contributed by atoms with Crippen LogP contribution in [0.15, 0.2) is 30.3 Å². The summed E-state index contributed by atoms with van der Waals surface area (Å²) in [6, 6.07) is 9.70. The number of benzene rings is 1. The summed E-state index contributed by atoms with van der Waals surface area (Å²) in [5, 5.41) is 4.09. The molecule has 0 aromatic heterocycles. The zero-order valence-electron chi connectivity index (χ0n) is 12.4. The molecule has 0 spiro atoms. The Kier molecular flexibility index (Phi) is 7.79. The van der Waals surface area contributed by atoms with Gasteiger partial charge in [-0.3, -0.25) is 10.1 Å². The minimum atomic E-state index is -0.715. The average molecular weight is 312 g/mol. The molecule has 5 nitrogen and oxygen atoms in total. The first-order valence-electron chi connectivity index (χ1n) is 6.94. The summed E-state index contributed by atoms with van der Waals surface area (Å²) in [5.74, 6) is -0.490. The van der Waals surface area contributed by atoms with Gasteiger partial charge in [0.05, 0.1) is 0 Å². The van der Waals surface area contributed by atoms with Crippen LogP contribution in [-0.4, -0.2) is 42.4 Å². The van der Waals surface area contributed by atoms with E-state index in [4.69, 9.17) is 11.6 Å². The van der Waals surface area contributed by atoms with E-state index in [2.05, 4.69) is 27.7 Å². The molecule has 0 fully saturated rings. The Morgan fingerprint density at radius 2 is 1.95 bits per heavy atom. The number of hydrogen-bond donors (Lipinski definition) is 2. The molecule has 116 valence electrons. The molecule has 1 aromatic rings. The first kappa shape index (κ1) is 17.5. The highest BCUT2D eigenvalue weighted by atomic mass is 35.5. The van der Waals surface area contributed by atoms with E-state index in [9.17, 15) is 9.59 Å². The van der Waals surface area contributed by atoms with E-state index in [1.807, 2.05) is 25.2 Å². The normalized spacial score (nSPS) is 12.0. The van der Waals surface area contributed by atoms with Gasteiger partial charge in [0.25, 0.3) is 0 Å². The molecule has 0 aliphatic heterocycles. The molecule has 21 heavy (non-hydrogen) atoms. The van der Waals surface area contributed by atoms with Crippen molar-refractivity contribution in [2.45, 2.75) is 25.3 Å². The van der Waals surface area contributed by atoms with Gasteiger partial charge in [-0.15, -0.1) is 11.6 Å². The fraction of sp³-hybridized carbons (Fsp3) is 0.467. The number of rotatable bonds is 7. The van der Waals surface area contributed by atoms with Crippen LogP contribution in [0.3, 0.4) is 0 Å². The number of imide groups is 1. The fourth-order valence-corrected chi connectivity index (χ4v) is 1.84. The number of carbonyl (C=O) groups is 2. The Bertz CT molecular complexity index is 451. The maximum absolute atomic E-state index is 11.4. The number of urea groups is 1. The molecule has 1 unspecified atom stereocenters. The smallest absolute Gasteiger partial charge is 0.321 e. The first-order valence-corrected chi connectivity index (χ1v) is 7.38. The monoisotopic (exact) mass is 311 g/mol. The van der Waals surface area contributed by atoms with E-state index in [0.717, 1.165) is 19.5 Å².